The number of rotatable bonds is 7. The Morgan fingerprint density at radius 2 is 1.52 bits per heavy atom. The number of benzene rings is 2. The topological polar surface area (TPSA) is 187 Å². The maximum atomic E-state index is 12.8. The number of carbonyl (C=O) groups is 4. The molecule has 0 bridgehead atoms. The van der Waals surface area contributed by atoms with E-state index in [-0.39, 0.29) is 12.3 Å². The molecule has 6 N–H and O–H groups in total. The number of nitrogens with zero attached hydrogens (tertiary/aromatic N) is 1. The molecule has 18 heteroatoms. The normalized spacial score (nSPS) is 15.8. The van der Waals surface area contributed by atoms with Gasteiger partial charge in [-0.05, 0) is 56.3 Å². The van der Waals surface area contributed by atoms with Crippen molar-refractivity contribution in [2.24, 2.45) is 0 Å². The zero-order chi connectivity index (χ0) is 34.7. The minimum Gasteiger partial charge on any atom is -0.489 e. The van der Waals surface area contributed by atoms with Gasteiger partial charge in [0.05, 0.1) is 17.5 Å². The Hall–Kier alpha value is -4.97. The van der Waals surface area contributed by atoms with Crippen LogP contribution in [0.2, 0.25) is 0 Å². The summed E-state index contributed by atoms with van der Waals surface area (Å²) >= 11 is 0. The number of amides is 2. The van der Waals surface area contributed by atoms with Gasteiger partial charge in [-0.25, -0.2) is 15.1 Å². The van der Waals surface area contributed by atoms with Gasteiger partial charge < -0.3 is 25.6 Å². The molecule has 2 amide bonds. The van der Waals surface area contributed by atoms with Crippen LogP contribution in [0, 0.1) is 6.92 Å². The van der Waals surface area contributed by atoms with Crippen molar-refractivity contribution >= 4 is 34.7 Å². The molecule has 1 aliphatic rings. The SMILES string of the molecule is Cc1cc(COc2ccc(C(=O)NC3(CC(=O)NO)CCNC3)cc2)c2ccccc2n1.O=C(O)C(F)(F)F.O=C(O)C(F)(F)F. The first kappa shape index (κ1) is 37.2. The molecule has 1 atom stereocenters. The van der Waals surface area contributed by atoms with E-state index in [1.165, 1.54) is 0 Å². The number of halogens is 6. The number of fused-ring (bicyclic) bond motifs is 1. The number of carboxylic acids is 2. The highest BCUT2D eigenvalue weighted by Crippen LogP contribution is 2.23. The van der Waals surface area contributed by atoms with E-state index in [4.69, 9.17) is 29.7 Å². The lowest BCUT2D eigenvalue weighted by molar-refractivity contribution is -0.193. The lowest BCUT2D eigenvalue weighted by Crippen LogP contribution is -2.52. The number of carboxylic acid groups (broad SMARTS) is 2. The summed E-state index contributed by atoms with van der Waals surface area (Å²) in [6.07, 6.45) is -9.56. The van der Waals surface area contributed by atoms with Crippen LogP contribution in [0.4, 0.5) is 26.3 Å². The van der Waals surface area contributed by atoms with Gasteiger partial charge in [-0.3, -0.25) is 19.8 Å². The maximum absolute atomic E-state index is 12.8. The number of carbonyl (C=O) groups excluding carboxylic acids is 2. The lowest BCUT2D eigenvalue weighted by Gasteiger charge is -2.28. The third-order valence-corrected chi connectivity index (χ3v) is 6.17. The van der Waals surface area contributed by atoms with Crippen LogP contribution in [-0.2, 0) is 21.0 Å². The Morgan fingerprint density at radius 3 is 2.02 bits per heavy atom. The minimum absolute atomic E-state index is 0.00272. The summed E-state index contributed by atoms with van der Waals surface area (Å²) in [6.45, 7) is 3.50. The fraction of sp³-hybridized carbons (Fsp3) is 0.321. The standard InChI is InChI=1S/C24H26N4O4.2C2HF3O2/c1-16-12-18(20-4-2-3-5-21(20)26-16)14-32-19-8-6-17(7-9-19)23(30)27-24(10-11-25-15-24)13-22(29)28-31;2*3-2(4,5)1(6)7/h2-9,12,25,31H,10-11,13-15H2,1H3,(H,27,30)(H,28,29);2*(H,6,7). The molecule has 1 unspecified atom stereocenters. The smallest absolute Gasteiger partial charge is 0.489 e. The van der Waals surface area contributed by atoms with Crippen molar-refractivity contribution in [3.63, 3.8) is 0 Å². The third kappa shape index (κ3) is 11.5. The van der Waals surface area contributed by atoms with Crippen LogP contribution in [0.15, 0.2) is 54.6 Å². The molecule has 46 heavy (non-hydrogen) atoms. The molecule has 0 saturated carbocycles. The first-order valence-corrected chi connectivity index (χ1v) is 13.0. The average molecular weight is 663 g/mol. The van der Waals surface area contributed by atoms with E-state index in [9.17, 15) is 35.9 Å². The van der Waals surface area contributed by atoms with E-state index in [2.05, 4.69) is 15.6 Å². The molecule has 2 heterocycles. The lowest BCUT2D eigenvalue weighted by atomic mass is 9.93. The van der Waals surface area contributed by atoms with Crippen LogP contribution in [-0.4, -0.2) is 75.1 Å². The first-order valence-electron chi connectivity index (χ1n) is 13.0. The van der Waals surface area contributed by atoms with Crippen molar-refractivity contribution < 1.29 is 65.7 Å². The summed E-state index contributed by atoms with van der Waals surface area (Å²) in [5.41, 5.74) is 4.30. The number of nitrogens with one attached hydrogen (secondary N) is 3. The van der Waals surface area contributed by atoms with Gasteiger partial charge in [-0.1, -0.05) is 18.2 Å². The molecular weight excluding hydrogens is 634 g/mol. The predicted molar refractivity (Wildman–Crippen MR) is 147 cm³/mol. The molecule has 0 spiro atoms. The number of aromatic nitrogens is 1. The number of alkyl halides is 6. The first-order chi connectivity index (χ1) is 21.4. The molecule has 12 nitrogen and oxygen atoms in total. The zero-order valence-corrected chi connectivity index (χ0v) is 23.8. The zero-order valence-electron chi connectivity index (χ0n) is 23.8. The Morgan fingerprint density at radius 1 is 0.957 bits per heavy atom. The van der Waals surface area contributed by atoms with Gasteiger partial charge in [0.15, 0.2) is 0 Å². The molecule has 0 aliphatic carbocycles. The number of aliphatic carboxylic acids is 2. The number of ether oxygens (including phenoxy) is 1. The third-order valence-electron chi connectivity index (χ3n) is 6.17. The van der Waals surface area contributed by atoms with Gasteiger partial charge in [0.2, 0.25) is 5.91 Å². The van der Waals surface area contributed by atoms with Gasteiger partial charge in [0.1, 0.15) is 12.4 Å². The largest absolute Gasteiger partial charge is 0.490 e. The Labute approximate surface area is 256 Å². The van der Waals surface area contributed by atoms with Crippen LogP contribution >= 0.6 is 0 Å². The Kier molecular flexibility index (Phi) is 12.8. The van der Waals surface area contributed by atoms with E-state index < -0.39 is 35.7 Å². The summed E-state index contributed by atoms with van der Waals surface area (Å²) in [7, 11) is 0. The van der Waals surface area contributed by atoms with Crippen LogP contribution < -0.4 is 20.9 Å². The van der Waals surface area contributed by atoms with Crippen molar-refractivity contribution in [3.8, 4) is 5.75 Å². The Bertz CT molecular complexity index is 1500. The number of pyridine rings is 1. The molecule has 2 aromatic carbocycles. The van der Waals surface area contributed by atoms with Crippen molar-refractivity contribution in [2.75, 3.05) is 13.1 Å². The highest BCUT2D eigenvalue weighted by Gasteiger charge is 2.39. The minimum atomic E-state index is -5.08. The number of hydrogen-bond donors (Lipinski definition) is 6. The van der Waals surface area contributed by atoms with E-state index in [1.54, 1.807) is 29.7 Å². The summed E-state index contributed by atoms with van der Waals surface area (Å²) in [6, 6.07) is 16.9. The number of hydroxylamine groups is 1. The maximum Gasteiger partial charge on any atom is 0.490 e. The van der Waals surface area contributed by atoms with Crippen LogP contribution in [0.25, 0.3) is 10.9 Å². The predicted octanol–water partition coefficient (Wildman–Crippen LogP) is 3.75. The summed E-state index contributed by atoms with van der Waals surface area (Å²) in [4.78, 5) is 46.8. The molecule has 1 saturated heterocycles. The van der Waals surface area contributed by atoms with Gasteiger partial charge in [0.25, 0.3) is 5.91 Å². The molecule has 4 rings (SSSR count). The van der Waals surface area contributed by atoms with E-state index in [0.29, 0.717) is 37.4 Å². The van der Waals surface area contributed by atoms with Crippen molar-refractivity contribution in [1.29, 1.82) is 0 Å². The van der Waals surface area contributed by atoms with Crippen LogP contribution in [0.5, 0.6) is 5.75 Å². The van der Waals surface area contributed by atoms with Gasteiger partial charge in [-0.2, -0.15) is 26.3 Å². The van der Waals surface area contributed by atoms with E-state index in [1.807, 2.05) is 37.3 Å². The molecule has 3 aromatic rings. The van der Waals surface area contributed by atoms with Gasteiger partial charge in [-0.15, -0.1) is 0 Å². The van der Waals surface area contributed by atoms with Crippen molar-refractivity contribution in [1.82, 2.24) is 21.1 Å². The van der Waals surface area contributed by atoms with Crippen LogP contribution in [0.3, 0.4) is 0 Å². The monoisotopic (exact) mass is 662 g/mol. The summed E-state index contributed by atoms with van der Waals surface area (Å²) in [5.74, 6) is -5.67. The van der Waals surface area contributed by atoms with Crippen LogP contribution in [0.1, 0.15) is 34.5 Å². The second-order valence-corrected chi connectivity index (χ2v) is 9.73. The quantitative estimate of drug-likeness (QED) is 0.124. The number of hydrogen-bond acceptors (Lipinski definition) is 8. The summed E-state index contributed by atoms with van der Waals surface area (Å²) < 4.78 is 69.4. The highest BCUT2D eigenvalue weighted by molar-refractivity contribution is 5.95. The van der Waals surface area contributed by atoms with Gasteiger partial charge in [0, 0.05) is 28.8 Å². The second kappa shape index (κ2) is 15.8. The molecule has 1 aromatic heterocycles. The van der Waals surface area contributed by atoms with Crippen molar-refractivity contribution in [2.45, 2.75) is 44.3 Å². The Balaban J connectivity index is 0.000000440. The molecule has 1 aliphatic heterocycles. The van der Waals surface area contributed by atoms with Gasteiger partial charge >= 0.3 is 24.3 Å². The highest BCUT2D eigenvalue weighted by atomic mass is 19.4. The van der Waals surface area contributed by atoms with E-state index >= 15 is 0 Å². The summed E-state index contributed by atoms with van der Waals surface area (Å²) in [5, 5.41) is 30.3. The second-order valence-electron chi connectivity index (χ2n) is 9.73. The van der Waals surface area contributed by atoms with E-state index in [0.717, 1.165) is 22.2 Å². The molecule has 1 fully saturated rings. The number of aryl methyl sites for hydroxylation is 1. The average Bonchev–Trinajstić information content (AvgIpc) is 3.43. The van der Waals surface area contributed by atoms with Crippen molar-refractivity contribution in [3.05, 3.63) is 71.4 Å². The molecular formula is C28H28F6N4O8. The number of para-hydroxylation sites is 1. The fourth-order valence-corrected chi connectivity index (χ4v) is 4.08. The fourth-order valence-electron chi connectivity index (χ4n) is 4.08. The molecule has 0 radical (unpaired) electrons. The molecule has 250 valence electrons.